The van der Waals surface area contributed by atoms with Gasteiger partial charge >= 0.3 is 0 Å². The van der Waals surface area contributed by atoms with E-state index in [0.29, 0.717) is 0 Å². The van der Waals surface area contributed by atoms with E-state index in [1.54, 1.807) is 17.7 Å². The summed E-state index contributed by atoms with van der Waals surface area (Å²) in [5.41, 5.74) is 2.78. The molecular formula is C12H10N4S. The summed E-state index contributed by atoms with van der Waals surface area (Å²) in [4.78, 5) is 13.7. The Morgan fingerprint density at radius 2 is 2.12 bits per heavy atom. The van der Waals surface area contributed by atoms with Gasteiger partial charge in [0, 0.05) is 16.5 Å². The van der Waals surface area contributed by atoms with Gasteiger partial charge in [-0.2, -0.15) is 0 Å². The van der Waals surface area contributed by atoms with E-state index in [9.17, 15) is 0 Å². The molecule has 0 amide bonds. The van der Waals surface area contributed by atoms with Crippen molar-refractivity contribution in [1.29, 1.82) is 0 Å². The van der Waals surface area contributed by atoms with Gasteiger partial charge in [-0.3, -0.25) is 4.98 Å². The smallest absolute Gasteiger partial charge is 0.137 e. The quantitative estimate of drug-likeness (QED) is 0.767. The topological polar surface area (TPSA) is 50.7 Å². The first-order valence-corrected chi connectivity index (χ1v) is 6.12. The molecule has 84 valence electrons. The van der Waals surface area contributed by atoms with E-state index in [1.807, 2.05) is 36.0 Å². The SMILES string of the molecule is c1ccc2c(NCc3cncs3)ncnc2c1. The number of fused-ring (bicyclic) bond motifs is 1. The van der Waals surface area contributed by atoms with Crippen molar-refractivity contribution >= 4 is 28.1 Å². The van der Waals surface area contributed by atoms with E-state index in [2.05, 4.69) is 20.3 Å². The minimum absolute atomic E-state index is 0.742. The van der Waals surface area contributed by atoms with Crippen molar-refractivity contribution in [2.75, 3.05) is 5.32 Å². The van der Waals surface area contributed by atoms with Crippen molar-refractivity contribution in [3.05, 3.63) is 47.2 Å². The van der Waals surface area contributed by atoms with Crippen LogP contribution in [-0.4, -0.2) is 15.0 Å². The second kappa shape index (κ2) is 4.47. The van der Waals surface area contributed by atoms with Gasteiger partial charge in [0.25, 0.3) is 0 Å². The maximum atomic E-state index is 4.27. The molecule has 0 radical (unpaired) electrons. The second-order valence-corrected chi connectivity index (χ2v) is 4.53. The Balaban J connectivity index is 1.90. The van der Waals surface area contributed by atoms with Crippen molar-refractivity contribution in [2.45, 2.75) is 6.54 Å². The number of para-hydroxylation sites is 1. The predicted molar refractivity (Wildman–Crippen MR) is 69.0 cm³/mol. The van der Waals surface area contributed by atoms with Gasteiger partial charge in [-0.25, -0.2) is 9.97 Å². The molecule has 0 aliphatic rings. The summed E-state index contributed by atoms with van der Waals surface area (Å²) in [5, 5.41) is 4.35. The highest BCUT2D eigenvalue weighted by atomic mass is 32.1. The fourth-order valence-electron chi connectivity index (χ4n) is 1.65. The van der Waals surface area contributed by atoms with Gasteiger partial charge in [-0.05, 0) is 12.1 Å². The summed E-state index contributed by atoms with van der Waals surface area (Å²) < 4.78 is 0. The Bertz CT molecular complexity index is 616. The zero-order valence-electron chi connectivity index (χ0n) is 9.00. The lowest BCUT2D eigenvalue weighted by Gasteiger charge is -2.06. The van der Waals surface area contributed by atoms with Crippen LogP contribution in [0.4, 0.5) is 5.82 Å². The van der Waals surface area contributed by atoms with E-state index in [4.69, 9.17) is 0 Å². The lowest BCUT2D eigenvalue weighted by Crippen LogP contribution is -2.01. The van der Waals surface area contributed by atoms with Crippen LogP contribution in [0.15, 0.2) is 42.3 Å². The Morgan fingerprint density at radius 1 is 1.18 bits per heavy atom. The number of anilines is 1. The van der Waals surface area contributed by atoms with Gasteiger partial charge in [0.15, 0.2) is 0 Å². The zero-order chi connectivity index (χ0) is 11.5. The van der Waals surface area contributed by atoms with Crippen molar-refractivity contribution in [1.82, 2.24) is 15.0 Å². The molecule has 0 fully saturated rings. The summed E-state index contributed by atoms with van der Waals surface area (Å²) >= 11 is 1.63. The van der Waals surface area contributed by atoms with E-state index in [0.717, 1.165) is 23.3 Å². The molecule has 1 aromatic carbocycles. The first-order valence-electron chi connectivity index (χ1n) is 5.24. The third kappa shape index (κ3) is 2.09. The number of rotatable bonds is 3. The third-order valence-corrected chi connectivity index (χ3v) is 3.24. The molecule has 5 heteroatoms. The first-order chi connectivity index (χ1) is 8.43. The maximum Gasteiger partial charge on any atom is 0.137 e. The molecule has 3 rings (SSSR count). The Morgan fingerprint density at radius 3 is 3.00 bits per heavy atom. The highest BCUT2D eigenvalue weighted by Crippen LogP contribution is 2.19. The van der Waals surface area contributed by atoms with Gasteiger partial charge < -0.3 is 5.32 Å². The summed E-state index contributed by atoms with van der Waals surface area (Å²) in [6.07, 6.45) is 3.44. The Kier molecular flexibility index (Phi) is 2.67. The monoisotopic (exact) mass is 242 g/mol. The van der Waals surface area contributed by atoms with Crippen LogP contribution in [0.3, 0.4) is 0 Å². The molecule has 4 nitrogen and oxygen atoms in total. The zero-order valence-corrected chi connectivity index (χ0v) is 9.81. The van der Waals surface area contributed by atoms with Gasteiger partial charge in [0.2, 0.25) is 0 Å². The Hall–Kier alpha value is -2.01. The normalized spacial score (nSPS) is 10.6. The molecule has 0 saturated carbocycles. The van der Waals surface area contributed by atoms with Crippen LogP contribution in [-0.2, 0) is 6.54 Å². The Labute approximate surface area is 102 Å². The maximum absolute atomic E-state index is 4.27. The summed E-state index contributed by atoms with van der Waals surface area (Å²) in [5.74, 6) is 0.865. The van der Waals surface area contributed by atoms with Crippen molar-refractivity contribution < 1.29 is 0 Å². The molecule has 0 saturated heterocycles. The number of benzene rings is 1. The van der Waals surface area contributed by atoms with Gasteiger partial charge in [-0.15, -0.1) is 11.3 Å². The fourth-order valence-corrected chi connectivity index (χ4v) is 2.18. The van der Waals surface area contributed by atoms with E-state index < -0.39 is 0 Å². The average molecular weight is 242 g/mol. The number of hydrogen-bond donors (Lipinski definition) is 1. The second-order valence-electron chi connectivity index (χ2n) is 3.56. The minimum Gasteiger partial charge on any atom is -0.365 e. The standard InChI is InChI=1S/C12H10N4S/c1-2-4-11-10(3-1)12(16-7-15-11)14-6-9-5-13-8-17-9/h1-5,7-8H,6H2,(H,14,15,16). The molecule has 2 heterocycles. The van der Waals surface area contributed by atoms with Gasteiger partial charge in [0.05, 0.1) is 17.6 Å². The number of thiazole rings is 1. The highest BCUT2D eigenvalue weighted by Gasteiger charge is 2.02. The fraction of sp³-hybridized carbons (Fsp3) is 0.0833. The molecule has 0 aliphatic carbocycles. The molecule has 2 aromatic heterocycles. The molecule has 0 spiro atoms. The van der Waals surface area contributed by atoms with Crippen LogP contribution in [0.5, 0.6) is 0 Å². The average Bonchev–Trinajstić information content (AvgIpc) is 2.89. The molecule has 0 unspecified atom stereocenters. The lowest BCUT2D eigenvalue weighted by atomic mass is 10.2. The summed E-state index contributed by atoms with van der Waals surface area (Å²) in [6, 6.07) is 7.96. The number of hydrogen-bond acceptors (Lipinski definition) is 5. The first kappa shape index (κ1) is 10.2. The van der Waals surface area contributed by atoms with Crippen LogP contribution in [0, 0.1) is 0 Å². The molecule has 0 atom stereocenters. The van der Waals surface area contributed by atoms with E-state index >= 15 is 0 Å². The number of nitrogens with zero attached hydrogens (tertiary/aromatic N) is 3. The van der Waals surface area contributed by atoms with Crippen molar-refractivity contribution in [3.8, 4) is 0 Å². The molecule has 3 aromatic rings. The lowest BCUT2D eigenvalue weighted by molar-refractivity contribution is 1.12. The predicted octanol–water partition coefficient (Wildman–Crippen LogP) is 2.70. The van der Waals surface area contributed by atoms with Crippen LogP contribution >= 0.6 is 11.3 Å². The van der Waals surface area contributed by atoms with Crippen LogP contribution in [0.25, 0.3) is 10.9 Å². The minimum atomic E-state index is 0.742. The van der Waals surface area contributed by atoms with Gasteiger partial charge in [0.1, 0.15) is 12.1 Å². The molecule has 0 aliphatic heterocycles. The molecular weight excluding hydrogens is 232 g/mol. The van der Waals surface area contributed by atoms with Crippen molar-refractivity contribution in [2.24, 2.45) is 0 Å². The molecule has 0 bridgehead atoms. The largest absolute Gasteiger partial charge is 0.365 e. The van der Waals surface area contributed by atoms with E-state index in [1.165, 1.54) is 4.88 Å². The summed E-state index contributed by atoms with van der Waals surface area (Å²) in [6.45, 7) is 0.742. The van der Waals surface area contributed by atoms with Crippen molar-refractivity contribution in [3.63, 3.8) is 0 Å². The van der Waals surface area contributed by atoms with E-state index in [-0.39, 0.29) is 0 Å². The van der Waals surface area contributed by atoms with Crippen LogP contribution < -0.4 is 5.32 Å². The highest BCUT2D eigenvalue weighted by molar-refractivity contribution is 7.09. The molecule has 17 heavy (non-hydrogen) atoms. The van der Waals surface area contributed by atoms with Gasteiger partial charge in [-0.1, -0.05) is 12.1 Å². The molecule has 1 N–H and O–H groups in total. The van der Waals surface area contributed by atoms with Crippen LogP contribution in [0.2, 0.25) is 0 Å². The van der Waals surface area contributed by atoms with Crippen LogP contribution in [0.1, 0.15) is 4.88 Å². The third-order valence-electron chi connectivity index (χ3n) is 2.46. The number of nitrogens with one attached hydrogen (secondary N) is 1. The summed E-state index contributed by atoms with van der Waals surface area (Å²) in [7, 11) is 0. The number of aromatic nitrogens is 3.